The molecule has 0 fully saturated rings. The molecule has 1 nitrogen and oxygen atoms in total. The first kappa shape index (κ1) is 14.2. The lowest BCUT2D eigenvalue weighted by atomic mass is 9.79. The highest BCUT2D eigenvalue weighted by atomic mass is 19.1. The molecule has 1 aliphatic rings. The molecule has 0 aliphatic heterocycles. The average Bonchev–Trinajstić information content (AvgIpc) is 2.50. The van der Waals surface area contributed by atoms with Crippen LogP contribution in [0.1, 0.15) is 34.8 Å². The van der Waals surface area contributed by atoms with Gasteiger partial charge in [-0.2, -0.15) is 0 Å². The van der Waals surface area contributed by atoms with Crippen molar-refractivity contribution in [3.8, 4) is 0 Å². The fraction of sp³-hybridized carbons (Fsp3) is 0.333. The predicted octanol–water partition coefficient (Wildman–Crippen LogP) is 4.11. The van der Waals surface area contributed by atoms with Crippen LogP contribution in [0.3, 0.4) is 0 Å². The van der Waals surface area contributed by atoms with Gasteiger partial charge in [0, 0.05) is 11.6 Å². The van der Waals surface area contributed by atoms with Crippen LogP contribution < -0.4 is 0 Å². The Morgan fingerprint density at radius 2 is 1.81 bits per heavy atom. The topological polar surface area (TPSA) is 20.2 Å². The third-order valence-corrected chi connectivity index (χ3v) is 4.43. The minimum absolute atomic E-state index is 0.0285. The van der Waals surface area contributed by atoms with Gasteiger partial charge in [0.2, 0.25) is 0 Å². The van der Waals surface area contributed by atoms with Crippen molar-refractivity contribution in [1.29, 1.82) is 0 Å². The number of rotatable bonds is 2. The molecule has 3 heteroatoms. The van der Waals surface area contributed by atoms with Crippen molar-refractivity contribution in [3.05, 3.63) is 70.3 Å². The minimum atomic E-state index is -0.891. The van der Waals surface area contributed by atoms with E-state index in [-0.39, 0.29) is 11.5 Å². The van der Waals surface area contributed by atoms with Crippen molar-refractivity contribution >= 4 is 0 Å². The van der Waals surface area contributed by atoms with Crippen LogP contribution in [-0.4, -0.2) is 5.11 Å². The summed E-state index contributed by atoms with van der Waals surface area (Å²) in [5.74, 6) is -1.26. The lowest BCUT2D eigenvalue weighted by Gasteiger charge is -2.29. The Hall–Kier alpha value is -1.74. The molecule has 0 radical (unpaired) electrons. The molecule has 0 saturated carbocycles. The maximum Gasteiger partial charge on any atom is 0.131 e. The molecule has 0 aromatic heterocycles. The van der Waals surface area contributed by atoms with Crippen molar-refractivity contribution in [3.63, 3.8) is 0 Å². The van der Waals surface area contributed by atoms with E-state index in [0.717, 1.165) is 25.3 Å². The molecule has 0 bridgehead atoms. The highest BCUT2D eigenvalue weighted by molar-refractivity contribution is 5.32. The van der Waals surface area contributed by atoms with Crippen LogP contribution in [0.15, 0.2) is 36.4 Å². The Kier molecular flexibility index (Phi) is 3.77. The Morgan fingerprint density at radius 3 is 2.57 bits per heavy atom. The van der Waals surface area contributed by atoms with Gasteiger partial charge < -0.3 is 5.11 Å². The van der Waals surface area contributed by atoms with Gasteiger partial charge in [-0.1, -0.05) is 24.3 Å². The van der Waals surface area contributed by atoms with Crippen molar-refractivity contribution in [1.82, 2.24) is 0 Å². The number of halogens is 2. The van der Waals surface area contributed by atoms with Gasteiger partial charge in [0.05, 0.1) is 6.10 Å². The smallest absolute Gasteiger partial charge is 0.131 e. The maximum absolute atomic E-state index is 13.9. The van der Waals surface area contributed by atoms with E-state index in [1.54, 1.807) is 6.92 Å². The SMILES string of the molecule is Cc1cc(C(O)C2CCc3ccccc3C2)c(F)cc1F. The van der Waals surface area contributed by atoms with E-state index in [9.17, 15) is 13.9 Å². The zero-order chi connectivity index (χ0) is 15.0. The molecule has 1 N–H and O–H groups in total. The van der Waals surface area contributed by atoms with Crippen LogP contribution in [0, 0.1) is 24.5 Å². The van der Waals surface area contributed by atoms with E-state index in [4.69, 9.17) is 0 Å². The Bertz CT molecular complexity index is 666. The first-order valence-corrected chi connectivity index (χ1v) is 7.26. The molecule has 0 heterocycles. The number of benzene rings is 2. The first-order chi connectivity index (χ1) is 10.1. The van der Waals surface area contributed by atoms with E-state index in [1.807, 2.05) is 12.1 Å². The van der Waals surface area contributed by atoms with Gasteiger partial charge in [-0.3, -0.25) is 0 Å². The fourth-order valence-corrected chi connectivity index (χ4v) is 3.16. The van der Waals surface area contributed by atoms with Crippen molar-refractivity contribution in [2.75, 3.05) is 0 Å². The molecule has 21 heavy (non-hydrogen) atoms. The summed E-state index contributed by atoms with van der Waals surface area (Å²) in [5.41, 5.74) is 3.09. The molecule has 2 aromatic rings. The number of hydrogen-bond donors (Lipinski definition) is 1. The van der Waals surface area contributed by atoms with E-state index >= 15 is 0 Å². The zero-order valence-corrected chi connectivity index (χ0v) is 11.9. The van der Waals surface area contributed by atoms with E-state index in [0.29, 0.717) is 5.56 Å². The Balaban J connectivity index is 1.87. The maximum atomic E-state index is 13.9. The molecular formula is C18H18F2O. The van der Waals surface area contributed by atoms with Gasteiger partial charge in [0.1, 0.15) is 11.6 Å². The largest absolute Gasteiger partial charge is 0.388 e. The molecule has 0 spiro atoms. The fourth-order valence-electron chi connectivity index (χ4n) is 3.16. The molecule has 110 valence electrons. The molecule has 0 saturated heterocycles. The molecule has 0 amide bonds. The highest BCUT2D eigenvalue weighted by Crippen LogP contribution is 2.35. The van der Waals surface area contributed by atoms with E-state index in [2.05, 4.69) is 12.1 Å². The molecule has 3 rings (SSSR count). The summed E-state index contributed by atoms with van der Waals surface area (Å²) >= 11 is 0. The van der Waals surface area contributed by atoms with Gasteiger partial charge in [-0.15, -0.1) is 0 Å². The Labute approximate surface area is 123 Å². The lowest BCUT2D eigenvalue weighted by molar-refractivity contribution is 0.0957. The lowest BCUT2D eigenvalue weighted by Crippen LogP contribution is -2.22. The van der Waals surface area contributed by atoms with Gasteiger partial charge in [0.15, 0.2) is 0 Å². The van der Waals surface area contributed by atoms with Crippen LogP contribution in [-0.2, 0) is 12.8 Å². The summed E-state index contributed by atoms with van der Waals surface area (Å²) < 4.78 is 27.3. The van der Waals surface area contributed by atoms with Crippen LogP contribution in [0.5, 0.6) is 0 Å². The normalized spacial score (nSPS) is 19.1. The van der Waals surface area contributed by atoms with E-state index < -0.39 is 17.7 Å². The monoisotopic (exact) mass is 288 g/mol. The van der Waals surface area contributed by atoms with Crippen LogP contribution in [0.25, 0.3) is 0 Å². The summed E-state index contributed by atoms with van der Waals surface area (Å²) in [6.45, 7) is 1.58. The molecule has 1 aliphatic carbocycles. The third kappa shape index (κ3) is 2.70. The highest BCUT2D eigenvalue weighted by Gasteiger charge is 2.28. The second-order valence-corrected chi connectivity index (χ2v) is 5.84. The van der Waals surface area contributed by atoms with Crippen LogP contribution in [0.2, 0.25) is 0 Å². The van der Waals surface area contributed by atoms with Crippen LogP contribution >= 0.6 is 0 Å². The molecule has 2 unspecified atom stereocenters. The summed E-state index contributed by atoms with van der Waals surface area (Å²) in [6, 6.07) is 10.4. The molecule has 2 aromatic carbocycles. The van der Waals surface area contributed by atoms with Crippen molar-refractivity contribution in [2.45, 2.75) is 32.3 Å². The quantitative estimate of drug-likeness (QED) is 0.881. The van der Waals surface area contributed by atoms with Crippen molar-refractivity contribution in [2.24, 2.45) is 5.92 Å². The van der Waals surface area contributed by atoms with Gasteiger partial charge in [-0.05, 0) is 54.9 Å². The number of aliphatic hydroxyl groups excluding tert-OH is 1. The number of aryl methyl sites for hydroxylation is 2. The predicted molar refractivity (Wildman–Crippen MR) is 78.0 cm³/mol. The summed E-state index contributed by atoms with van der Waals surface area (Å²) in [4.78, 5) is 0. The standard InChI is InChI=1S/C18H18F2O/c1-11-8-15(17(20)10-16(11)19)18(21)14-7-6-12-4-2-3-5-13(12)9-14/h2-5,8,10,14,18,21H,6-7,9H2,1H3. The second kappa shape index (κ2) is 5.57. The third-order valence-electron chi connectivity index (χ3n) is 4.43. The summed E-state index contributed by atoms with van der Waals surface area (Å²) in [6.07, 6.45) is 1.54. The average molecular weight is 288 g/mol. The Morgan fingerprint density at radius 1 is 1.10 bits per heavy atom. The minimum Gasteiger partial charge on any atom is -0.388 e. The number of fused-ring (bicyclic) bond motifs is 1. The van der Waals surface area contributed by atoms with Gasteiger partial charge >= 0.3 is 0 Å². The van der Waals surface area contributed by atoms with Gasteiger partial charge in [-0.25, -0.2) is 8.78 Å². The van der Waals surface area contributed by atoms with Crippen LogP contribution in [0.4, 0.5) is 8.78 Å². The molecular weight excluding hydrogens is 270 g/mol. The molecule has 2 atom stereocenters. The summed E-state index contributed by atoms with van der Waals surface area (Å²) in [7, 11) is 0. The van der Waals surface area contributed by atoms with E-state index in [1.165, 1.54) is 17.2 Å². The van der Waals surface area contributed by atoms with Crippen molar-refractivity contribution < 1.29 is 13.9 Å². The summed E-state index contributed by atoms with van der Waals surface area (Å²) in [5, 5.41) is 10.5. The second-order valence-electron chi connectivity index (χ2n) is 5.84. The first-order valence-electron chi connectivity index (χ1n) is 7.26. The van der Waals surface area contributed by atoms with Gasteiger partial charge in [0.25, 0.3) is 0 Å². The number of hydrogen-bond acceptors (Lipinski definition) is 1. The number of aliphatic hydroxyl groups is 1. The zero-order valence-electron chi connectivity index (χ0n) is 11.9.